The maximum absolute atomic E-state index is 12.9. The standard InChI is InChI=1S/C24H24ClF3N4/c25-20-15-30-23(31-18-8-2-1-3-9-18)13-19(20)21-10-5-11-22(32-21)29-14-16-6-4-7-17(12-16)24(26,27)28/h4-7,10-13,15,18H,1-3,8-9,14H2,(H,29,32)(H,30,31). The molecule has 0 saturated heterocycles. The van der Waals surface area contributed by atoms with E-state index < -0.39 is 11.7 Å². The lowest BCUT2D eigenvalue weighted by atomic mass is 9.95. The molecule has 2 heterocycles. The summed E-state index contributed by atoms with van der Waals surface area (Å²) in [5.74, 6) is 1.31. The van der Waals surface area contributed by atoms with Crippen molar-refractivity contribution in [2.45, 2.75) is 50.9 Å². The normalized spacial score (nSPS) is 14.9. The molecule has 0 unspecified atom stereocenters. The van der Waals surface area contributed by atoms with E-state index >= 15 is 0 Å². The van der Waals surface area contributed by atoms with Gasteiger partial charge in [0.1, 0.15) is 11.6 Å². The van der Waals surface area contributed by atoms with Crippen LogP contribution >= 0.6 is 11.6 Å². The summed E-state index contributed by atoms with van der Waals surface area (Å²) < 4.78 is 38.8. The summed E-state index contributed by atoms with van der Waals surface area (Å²) in [6, 6.07) is 13.0. The number of alkyl halides is 3. The summed E-state index contributed by atoms with van der Waals surface area (Å²) >= 11 is 6.40. The molecular weight excluding hydrogens is 437 g/mol. The summed E-state index contributed by atoms with van der Waals surface area (Å²) in [5.41, 5.74) is 1.27. The molecule has 2 aromatic heterocycles. The average molecular weight is 461 g/mol. The van der Waals surface area contributed by atoms with Crippen molar-refractivity contribution in [2.24, 2.45) is 0 Å². The van der Waals surface area contributed by atoms with E-state index in [1.807, 2.05) is 18.2 Å². The van der Waals surface area contributed by atoms with Gasteiger partial charge in [0.15, 0.2) is 0 Å². The van der Waals surface area contributed by atoms with E-state index in [1.165, 1.54) is 25.3 Å². The Morgan fingerprint density at radius 3 is 2.53 bits per heavy atom. The zero-order valence-corrected chi connectivity index (χ0v) is 18.2. The second kappa shape index (κ2) is 9.77. The molecule has 2 N–H and O–H groups in total. The average Bonchev–Trinajstić information content (AvgIpc) is 2.79. The molecule has 0 spiro atoms. The van der Waals surface area contributed by atoms with Crippen molar-refractivity contribution in [1.29, 1.82) is 0 Å². The molecule has 32 heavy (non-hydrogen) atoms. The largest absolute Gasteiger partial charge is 0.416 e. The minimum absolute atomic E-state index is 0.221. The number of anilines is 2. The van der Waals surface area contributed by atoms with Crippen molar-refractivity contribution in [1.82, 2.24) is 9.97 Å². The van der Waals surface area contributed by atoms with Crippen LogP contribution in [-0.2, 0) is 12.7 Å². The summed E-state index contributed by atoms with van der Waals surface area (Å²) in [5, 5.41) is 7.08. The Kier molecular flexibility index (Phi) is 6.84. The third kappa shape index (κ3) is 5.71. The quantitative estimate of drug-likeness (QED) is 0.409. The van der Waals surface area contributed by atoms with Crippen molar-refractivity contribution in [2.75, 3.05) is 10.6 Å². The molecule has 0 bridgehead atoms. The third-order valence-corrected chi connectivity index (χ3v) is 5.87. The highest BCUT2D eigenvalue weighted by atomic mass is 35.5. The molecule has 0 amide bonds. The highest BCUT2D eigenvalue weighted by molar-refractivity contribution is 6.33. The third-order valence-electron chi connectivity index (χ3n) is 5.57. The lowest BCUT2D eigenvalue weighted by Gasteiger charge is -2.23. The highest BCUT2D eigenvalue weighted by Crippen LogP contribution is 2.31. The van der Waals surface area contributed by atoms with Gasteiger partial charge in [-0.3, -0.25) is 0 Å². The molecule has 1 aromatic carbocycles. The van der Waals surface area contributed by atoms with Crippen LogP contribution in [0, 0.1) is 0 Å². The summed E-state index contributed by atoms with van der Waals surface area (Å²) in [4.78, 5) is 9.01. The van der Waals surface area contributed by atoms with Crippen LogP contribution in [0.15, 0.2) is 54.7 Å². The van der Waals surface area contributed by atoms with Gasteiger partial charge in [-0.1, -0.05) is 49.1 Å². The Morgan fingerprint density at radius 2 is 1.75 bits per heavy atom. The fourth-order valence-electron chi connectivity index (χ4n) is 3.90. The Labute approximate surface area is 190 Å². The number of nitrogens with one attached hydrogen (secondary N) is 2. The number of hydrogen-bond donors (Lipinski definition) is 2. The molecule has 8 heteroatoms. The van der Waals surface area contributed by atoms with Crippen LogP contribution < -0.4 is 10.6 Å². The Bertz CT molecular complexity index is 1070. The van der Waals surface area contributed by atoms with Crippen LogP contribution in [0.25, 0.3) is 11.3 Å². The second-order valence-electron chi connectivity index (χ2n) is 7.99. The molecule has 1 fully saturated rings. The van der Waals surface area contributed by atoms with Gasteiger partial charge >= 0.3 is 6.18 Å². The highest BCUT2D eigenvalue weighted by Gasteiger charge is 2.30. The van der Waals surface area contributed by atoms with Gasteiger partial charge in [0.25, 0.3) is 0 Å². The van der Waals surface area contributed by atoms with E-state index in [-0.39, 0.29) is 6.54 Å². The van der Waals surface area contributed by atoms with E-state index in [4.69, 9.17) is 11.6 Å². The second-order valence-corrected chi connectivity index (χ2v) is 8.40. The van der Waals surface area contributed by atoms with Gasteiger partial charge < -0.3 is 10.6 Å². The topological polar surface area (TPSA) is 49.8 Å². The molecule has 168 valence electrons. The van der Waals surface area contributed by atoms with Crippen LogP contribution in [-0.4, -0.2) is 16.0 Å². The number of aromatic nitrogens is 2. The van der Waals surface area contributed by atoms with Crippen molar-refractivity contribution in [3.8, 4) is 11.3 Å². The SMILES string of the molecule is FC(F)(F)c1cccc(CNc2cccc(-c3cc(NC4CCCCC4)ncc3Cl)n2)c1. The van der Waals surface area contributed by atoms with Crippen molar-refractivity contribution >= 4 is 23.2 Å². The Hall–Kier alpha value is -2.80. The minimum atomic E-state index is -4.37. The fraction of sp³-hybridized carbons (Fsp3) is 0.333. The van der Waals surface area contributed by atoms with Crippen LogP contribution in [0.2, 0.25) is 5.02 Å². The van der Waals surface area contributed by atoms with Gasteiger partial charge in [0.05, 0.1) is 16.3 Å². The van der Waals surface area contributed by atoms with Crippen LogP contribution in [0.1, 0.15) is 43.2 Å². The van der Waals surface area contributed by atoms with E-state index in [1.54, 1.807) is 18.3 Å². The van der Waals surface area contributed by atoms with Crippen LogP contribution in [0.3, 0.4) is 0 Å². The van der Waals surface area contributed by atoms with E-state index in [0.29, 0.717) is 28.1 Å². The Morgan fingerprint density at radius 1 is 0.969 bits per heavy atom. The fourth-order valence-corrected chi connectivity index (χ4v) is 4.10. The molecular formula is C24H24ClF3N4. The lowest BCUT2D eigenvalue weighted by Crippen LogP contribution is -2.22. The number of pyridine rings is 2. The number of nitrogens with zero attached hydrogens (tertiary/aromatic N) is 2. The lowest BCUT2D eigenvalue weighted by molar-refractivity contribution is -0.137. The van der Waals surface area contributed by atoms with E-state index in [2.05, 4.69) is 20.6 Å². The predicted molar refractivity (Wildman–Crippen MR) is 122 cm³/mol. The molecule has 0 atom stereocenters. The predicted octanol–water partition coefficient (Wildman–Crippen LogP) is 7.17. The van der Waals surface area contributed by atoms with Gasteiger partial charge in [0, 0.05) is 24.3 Å². The molecule has 1 saturated carbocycles. The van der Waals surface area contributed by atoms with Gasteiger partial charge in [-0.15, -0.1) is 0 Å². The van der Waals surface area contributed by atoms with Crippen molar-refractivity contribution in [3.05, 3.63) is 70.9 Å². The molecule has 0 radical (unpaired) electrons. The molecule has 1 aliphatic rings. The maximum atomic E-state index is 12.9. The molecule has 4 rings (SSSR count). The van der Waals surface area contributed by atoms with Gasteiger partial charge in [-0.25, -0.2) is 9.97 Å². The Balaban J connectivity index is 1.48. The smallest absolute Gasteiger partial charge is 0.367 e. The first-order valence-electron chi connectivity index (χ1n) is 10.7. The zero-order chi connectivity index (χ0) is 22.6. The number of benzene rings is 1. The summed E-state index contributed by atoms with van der Waals surface area (Å²) in [6.45, 7) is 0.221. The maximum Gasteiger partial charge on any atom is 0.416 e. The molecule has 3 aromatic rings. The van der Waals surface area contributed by atoms with Crippen LogP contribution in [0.4, 0.5) is 24.8 Å². The summed E-state index contributed by atoms with van der Waals surface area (Å²) in [7, 11) is 0. The first-order valence-corrected chi connectivity index (χ1v) is 11.1. The monoisotopic (exact) mass is 460 g/mol. The molecule has 4 nitrogen and oxygen atoms in total. The van der Waals surface area contributed by atoms with E-state index in [9.17, 15) is 13.2 Å². The number of halogens is 4. The van der Waals surface area contributed by atoms with Gasteiger partial charge in [-0.05, 0) is 48.7 Å². The number of hydrogen-bond acceptors (Lipinski definition) is 4. The van der Waals surface area contributed by atoms with Crippen molar-refractivity contribution < 1.29 is 13.2 Å². The van der Waals surface area contributed by atoms with Gasteiger partial charge in [-0.2, -0.15) is 13.2 Å². The summed E-state index contributed by atoms with van der Waals surface area (Å²) in [6.07, 6.45) is 3.24. The first kappa shape index (κ1) is 22.4. The zero-order valence-electron chi connectivity index (χ0n) is 17.4. The van der Waals surface area contributed by atoms with Crippen molar-refractivity contribution in [3.63, 3.8) is 0 Å². The number of rotatable bonds is 6. The van der Waals surface area contributed by atoms with E-state index in [0.717, 1.165) is 36.4 Å². The molecule has 1 aliphatic carbocycles. The molecule has 0 aliphatic heterocycles. The first-order chi connectivity index (χ1) is 15.4. The van der Waals surface area contributed by atoms with Gasteiger partial charge in [0.2, 0.25) is 0 Å². The van der Waals surface area contributed by atoms with Crippen LogP contribution in [0.5, 0.6) is 0 Å². The minimum Gasteiger partial charge on any atom is -0.367 e.